The van der Waals surface area contributed by atoms with Gasteiger partial charge in [0.05, 0.1) is 18.8 Å². The molecule has 1 fully saturated rings. The fourth-order valence-corrected chi connectivity index (χ4v) is 7.78. The number of carbonyl (C=O) groups is 2. The highest BCUT2D eigenvalue weighted by Gasteiger charge is 2.33. The van der Waals surface area contributed by atoms with E-state index >= 15 is 0 Å². The van der Waals surface area contributed by atoms with E-state index in [0.29, 0.717) is 19.4 Å². The Hall–Kier alpha value is -3.56. The lowest BCUT2D eigenvalue weighted by molar-refractivity contribution is -0.253. The summed E-state index contributed by atoms with van der Waals surface area (Å²) in [5.41, 5.74) is 6.13. The van der Waals surface area contributed by atoms with Gasteiger partial charge < -0.3 is 29.9 Å². The predicted molar refractivity (Wildman–Crippen MR) is 231 cm³/mol. The van der Waals surface area contributed by atoms with E-state index in [4.69, 9.17) is 14.6 Å². The second-order valence-electron chi connectivity index (χ2n) is 16.1. The Morgan fingerprint density at radius 3 is 1.91 bits per heavy atom. The Balaban J connectivity index is 1.44. The number of unbranched alkanes of at least 4 members (excludes halogenated alkanes) is 13. The predicted octanol–water partition coefficient (Wildman–Crippen LogP) is 11.5. The highest BCUT2D eigenvalue weighted by Crippen LogP contribution is 2.39. The van der Waals surface area contributed by atoms with Crippen LogP contribution in [0.3, 0.4) is 0 Å². The van der Waals surface area contributed by atoms with Gasteiger partial charge in [0, 0.05) is 37.9 Å². The molecule has 3 N–H and O–H groups in total. The standard InChI is InChI=1S/C49H72N2O6/c1-3-5-7-9-13-17-31-51(32-18-14-10-8-6-4-2)37-45-35-46(41-29-27-39(38-52)28-30-41)57-49(56-45)44-24-20-23-43(34-44)42-22-19-21-40(33-42)36-50-47(53)25-15-11-12-16-26-48(54)55/h19-24,27-30,33-34,45-46,49,52H,3-18,25-26,31-32,35-38H2,1-2H3,(H,50,53)(H,54,55)/t45-,46+,49+/m1/s1. The quantitative estimate of drug-likeness (QED) is 0.0602. The van der Waals surface area contributed by atoms with Gasteiger partial charge >= 0.3 is 5.97 Å². The third-order valence-electron chi connectivity index (χ3n) is 11.2. The lowest BCUT2D eigenvalue weighted by Gasteiger charge is -2.38. The van der Waals surface area contributed by atoms with E-state index in [1.54, 1.807) is 0 Å². The fraction of sp³-hybridized carbons (Fsp3) is 0.592. The molecule has 0 spiro atoms. The van der Waals surface area contributed by atoms with Gasteiger partial charge in [-0.15, -0.1) is 0 Å². The lowest BCUT2D eigenvalue weighted by atomic mass is 9.98. The van der Waals surface area contributed by atoms with Crippen molar-refractivity contribution in [2.75, 3.05) is 19.6 Å². The van der Waals surface area contributed by atoms with Crippen molar-refractivity contribution in [3.8, 4) is 11.1 Å². The van der Waals surface area contributed by atoms with Gasteiger partial charge in [-0.1, -0.05) is 152 Å². The number of amides is 1. The number of rotatable bonds is 29. The summed E-state index contributed by atoms with van der Waals surface area (Å²) in [7, 11) is 0. The minimum Gasteiger partial charge on any atom is -0.481 e. The number of aliphatic hydroxyl groups is 1. The summed E-state index contributed by atoms with van der Waals surface area (Å²) in [4.78, 5) is 25.9. The Labute approximate surface area is 343 Å². The first kappa shape index (κ1) is 46.1. The molecular weight excluding hydrogens is 713 g/mol. The number of ether oxygens (including phenoxy) is 2. The number of carbonyl (C=O) groups excluding carboxylic acids is 1. The van der Waals surface area contributed by atoms with Crippen molar-refractivity contribution in [3.05, 3.63) is 95.1 Å². The maximum absolute atomic E-state index is 12.5. The zero-order valence-electron chi connectivity index (χ0n) is 35.1. The van der Waals surface area contributed by atoms with Crippen molar-refractivity contribution in [2.24, 2.45) is 0 Å². The molecule has 1 aliphatic rings. The normalized spacial score (nSPS) is 16.9. The van der Waals surface area contributed by atoms with Crippen LogP contribution >= 0.6 is 0 Å². The van der Waals surface area contributed by atoms with Crippen LogP contribution in [0.1, 0.15) is 170 Å². The summed E-state index contributed by atoms with van der Waals surface area (Å²) in [6.07, 6.45) is 19.3. The number of nitrogens with one attached hydrogen (secondary N) is 1. The van der Waals surface area contributed by atoms with Crippen molar-refractivity contribution >= 4 is 11.9 Å². The average Bonchev–Trinajstić information content (AvgIpc) is 3.23. The Bertz CT molecular complexity index is 1550. The van der Waals surface area contributed by atoms with E-state index in [0.717, 1.165) is 78.7 Å². The van der Waals surface area contributed by atoms with Gasteiger partial charge in [-0.2, -0.15) is 0 Å². The van der Waals surface area contributed by atoms with Crippen molar-refractivity contribution in [1.29, 1.82) is 0 Å². The zero-order chi connectivity index (χ0) is 40.5. The third kappa shape index (κ3) is 17.9. The summed E-state index contributed by atoms with van der Waals surface area (Å²) >= 11 is 0. The molecule has 3 aromatic rings. The number of carboxylic acid groups (broad SMARTS) is 1. The smallest absolute Gasteiger partial charge is 0.303 e. The van der Waals surface area contributed by atoms with Crippen LogP contribution in [0.2, 0.25) is 0 Å². The van der Waals surface area contributed by atoms with Crippen LogP contribution in [0.15, 0.2) is 72.8 Å². The van der Waals surface area contributed by atoms with Crippen LogP contribution in [-0.4, -0.2) is 52.7 Å². The maximum atomic E-state index is 12.5. The molecule has 57 heavy (non-hydrogen) atoms. The van der Waals surface area contributed by atoms with E-state index in [9.17, 15) is 14.7 Å². The summed E-state index contributed by atoms with van der Waals surface area (Å²) in [6.45, 7) is 8.10. The van der Waals surface area contributed by atoms with Crippen LogP contribution in [0.4, 0.5) is 0 Å². The van der Waals surface area contributed by atoms with Crippen LogP contribution in [-0.2, 0) is 32.2 Å². The molecule has 1 aliphatic heterocycles. The molecule has 0 saturated carbocycles. The summed E-state index contributed by atoms with van der Waals surface area (Å²) < 4.78 is 13.7. The van der Waals surface area contributed by atoms with Crippen molar-refractivity contribution in [1.82, 2.24) is 10.2 Å². The van der Waals surface area contributed by atoms with Crippen molar-refractivity contribution < 1.29 is 29.3 Å². The van der Waals surface area contributed by atoms with Crippen LogP contribution in [0.5, 0.6) is 0 Å². The molecule has 4 rings (SSSR count). The fourth-order valence-electron chi connectivity index (χ4n) is 7.78. The third-order valence-corrected chi connectivity index (χ3v) is 11.2. The van der Waals surface area contributed by atoms with Crippen LogP contribution in [0.25, 0.3) is 11.1 Å². The topological polar surface area (TPSA) is 108 Å². The molecule has 314 valence electrons. The molecule has 3 atom stereocenters. The molecule has 8 heteroatoms. The molecule has 0 bridgehead atoms. The number of carboxylic acids is 1. The Kier molecular flexibility index (Phi) is 22.0. The molecule has 0 unspecified atom stereocenters. The van der Waals surface area contributed by atoms with Crippen LogP contribution < -0.4 is 5.32 Å². The molecule has 1 heterocycles. The number of hydrogen-bond acceptors (Lipinski definition) is 6. The lowest BCUT2D eigenvalue weighted by Crippen LogP contribution is -2.40. The maximum Gasteiger partial charge on any atom is 0.303 e. The van der Waals surface area contributed by atoms with Gasteiger partial charge in [0.2, 0.25) is 5.91 Å². The van der Waals surface area contributed by atoms with E-state index in [1.807, 2.05) is 24.3 Å². The first-order valence-corrected chi connectivity index (χ1v) is 22.3. The van der Waals surface area contributed by atoms with Gasteiger partial charge in [0.15, 0.2) is 6.29 Å². The van der Waals surface area contributed by atoms with E-state index < -0.39 is 12.3 Å². The van der Waals surface area contributed by atoms with Gasteiger partial charge in [-0.3, -0.25) is 9.59 Å². The van der Waals surface area contributed by atoms with E-state index in [1.165, 1.54) is 77.0 Å². The molecule has 0 aromatic heterocycles. The minimum absolute atomic E-state index is 0.00629. The molecular formula is C49H72N2O6. The number of benzene rings is 3. The first-order valence-electron chi connectivity index (χ1n) is 22.3. The monoisotopic (exact) mass is 785 g/mol. The molecule has 1 amide bonds. The van der Waals surface area contributed by atoms with Gasteiger partial charge in [-0.25, -0.2) is 0 Å². The molecule has 3 aromatic carbocycles. The molecule has 8 nitrogen and oxygen atoms in total. The summed E-state index contributed by atoms with van der Waals surface area (Å²) in [5.74, 6) is -0.754. The van der Waals surface area contributed by atoms with Crippen molar-refractivity contribution in [3.63, 3.8) is 0 Å². The SMILES string of the molecule is CCCCCCCCN(CCCCCCCC)C[C@H]1C[C@@H](c2ccc(CO)cc2)O[C@@H](c2cccc(-c3cccc(CNC(=O)CCCCCCC(=O)O)c3)c2)O1. The highest BCUT2D eigenvalue weighted by molar-refractivity contribution is 5.76. The molecule has 1 saturated heterocycles. The number of nitrogens with zero attached hydrogens (tertiary/aromatic N) is 1. The van der Waals surface area contributed by atoms with Gasteiger partial charge in [0.1, 0.15) is 0 Å². The van der Waals surface area contributed by atoms with E-state index in [-0.39, 0.29) is 31.1 Å². The minimum atomic E-state index is -0.768. The molecule has 0 radical (unpaired) electrons. The Morgan fingerprint density at radius 1 is 0.667 bits per heavy atom. The van der Waals surface area contributed by atoms with E-state index in [2.05, 4.69) is 72.6 Å². The molecule has 0 aliphatic carbocycles. The Morgan fingerprint density at radius 2 is 1.26 bits per heavy atom. The van der Waals surface area contributed by atoms with Gasteiger partial charge in [0.25, 0.3) is 0 Å². The van der Waals surface area contributed by atoms with Gasteiger partial charge in [-0.05, 0) is 78.7 Å². The summed E-state index contributed by atoms with van der Waals surface area (Å²) in [5, 5.41) is 21.6. The number of aliphatic hydroxyl groups excluding tert-OH is 1. The summed E-state index contributed by atoms with van der Waals surface area (Å²) in [6, 6.07) is 24.9. The largest absolute Gasteiger partial charge is 0.481 e. The average molecular weight is 785 g/mol. The number of aliphatic carboxylic acids is 1. The second-order valence-corrected chi connectivity index (χ2v) is 16.1. The number of hydrogen-bond donors (Lipinski definition) is 3. The highest BCUT2D eigenvalue weighted by atomic mass is 16.7. The second kappa shape index (κ2) is 27.2. The first-order chi connectivity index (χ1) is 27.9. The zero-order valence-corrected chi connectivity index (χ0v) is 35.1. The van der Waals surface area contributed by atoms with Crippen molar-refractivity contribution in [2.45, 2.75) is 167 Å². The van der Waals surface area contributed by atoms with Crippen LogP contribution in [0, 0.1) is 0 Å².